The third-order valence-corrected chi connectivity index (χ3v) is 3.48. The second-order valence-corrected chi connectivity index (χ2v) is 5.49. The highest BCUT2D eigenvalue weighted by Crippen LogP contribution is 2.25. The van der Waals surface area contributed by atoms with Crippen LogP contribution in [-0.2, 0) is 6.42 Å². The zero-order valence-electron chi connectivity index (χ0n) is 10.8. The number of furan rings is 1. The standard InChI is InChI=1S/C14H16BrFN2O/c1-8-3-13(9(2)19-8)14(18-17)6-10-4-11(15)7-12(16)5-10/h3-5,7,14,18H,6,17H2,1-2H3. The van der Waals surface area contributed by atoms with Gasteiger partial charge in [0.15, 0.2) is 0 Å². The van der Waals surface area contributed by atoms with E-state index in [4.69, 9.17) is 10.3 Å². The maximum Gasteiger partial charge on any atom is 0.124 e. The number of nitrogens with two attached hydrogens (primary N) is 1. The smallest absolute Gasteiger partial charge is 0.124 e. The second-order valence-electron chi connectivity index (χ2n) is 4.57. The molecule has 2 aromatic rings. The van der Waals surface area contributed by atoms with Crippen molar-refractivity contribution in [2.45, 2.75) is 26.3 Å². The first kappa shape index (κ1) is 14.2. The van der Waals surface area contributed by atoms with Gasteiger partial charge in [0.25, 0.3) is 0 Å². The number of benzene rings is 1. The fraction of sp³-hybridized carbons (Fsp3) is 0.286. The maximum atomic E-state index is 13.4. The molecule has 0 amide bonds. The van der Waals surface area contributed by atoms with Crippen LogP contribution in [0.15, 0.2) is 33.2 Å². The van der Waals surface area contributed by atoms with Gasteiger partial charge >= 0.3 is 0 Å². The molecule has 3 N–H and O–H groups in total. The Bertz CT molecular complexity index is 563. The van der Waals surface area contributed by atoms with Crippen LogP contribution >= 0.6 is 15.9 Å². The molecule has 1 unspecified atom stereocenters. The molecule has 0 fully saturated rings. The van der Waals surface area contributed by atoms with Gasteiger partial charge in [-0.05, 0) is 50.1 Å². The van der Waals surface area contributed by atoms with E-state index < -0.39 is 0 Å². The van der Waals surface area contributed by atoms with Gasteiger partial charge < -0.3 is 4.42 Å². The van der Waals surface area contributed by atoms with E-state index in [1.54, 1.807) is 0 Å². The fourth-order valence-corrected chi connectivity index (χ4v) is 2.73. The third-order valence-electron chi connectivity index (χ3n) is 3.02. The number of rotatable bonds is 4. The summed E-state index contributed by atoms with van der Waals surface area (Å²) in [5, 5.41) is 0. The Morgan fingerprint density at radius 3 is 2.58 bits per heavy atom. The summed E-state index contributed by atoms with van der Waals surface area (Å²) in [5.41, 5.74) is 4.63. The highest BCUT2D eigenvalue weighted by atomic mass is 79.9. The Labute approximate surface area is 120 Å². The van der Waals surface area contributed by atoms with E-state index in [1.807, 2.05) is 26.0 Å². The van der Waals surface area contributed by atoms with Crippen LogP contribution in [-0.4, -0.2) is 0 Å². The number of nitrogens with one attached hydrogen (secondary N) is 1. The molecule has 0 aliphatic heterocycles. The number of hydrogen-bond donors (Lipinski definition) is 2. The molecule has 19 heavy (non-hydrogen) atoms. The van der Waals surface area contributed by atoms with Crippen LogP contribution in [0.3, 0.4) is 0 Å². The lowest BCUT2D eigenvalue weighted by atomic mass is 9.99. The summed E-state index contributed by atoms with van der Waals surface area (Å²) in [5.74, 6) is 7.02. The minimum absolute atomic E-state index is 0.105. The summed E-state index contributed by atoms with van der Waals surface area (Å²) in [7, 11) is 0. The van der Waals surface area contributed by atoms with E-state index in [-0.39, 0.29) is 11.9 Å². The van der Waals surface area contributed by atoms with Crippen LogP contribution in [0.2, 0.25) is 0 Å². The third kappa shape index (κ3) is 3.43. The molecule has 1 aromatic heterocycles. The van der Waals surface area contributed by atoms with Crippen LogP contribution in [0.5, 0.6) is 0 Å². The Balaban J connectivity index is 2.26. The number of hydrogen-bond acceptors (Lipinski definition) is 3. The molecule has 0 spiro atoms. The van der Waals surface area contributed by atoms with Crippen LogP contribution < -0.4 is 11.3 Å². The second kappa shape index (κ2) is 5.86. The zero-order valence-corrected chi connectivity index (χ0v) is 12.4. The minimum Gasteiger partial charge on any atom is -0.466 e. The average Bonchev–Trinajstić information content (AvgIpc) is 2.64. The van der Waals surface area contributed by atoms with E-state index in [0.29, 0.717) is 6.42 Å². The van der Waals surface area contributed by atoms with Crippen molar-refractivity contribution in [3.05, 3.63) is 57.2 Å². The molecule has 2 rings (SSSR count). The summed E-state index contributed by atoms with van der Waals surface area (Å²) in [6, 6.07) is 6.68. The van der Waals surface area contributed by atoms with Crippen molar-refractivity contribution in [2.75, 3.05) is 0 Å². The molecule has 3 nitrogen and oxygen atoms in total. The Kier molecular flexibility index (Phi) is 4.39. The molecule has 0 saturated carbocycles. The van der Waals surface area contributed by atoms with Gasteiger partial charge in [0.2, 0.25) is 0 Å². The van der Waals surface area contributed by atoms with Crippen molar-refractivity contribution in [2.24, 2.45) is 5.84 Å². The van der Waals surface area contributed by atoms with Gasteiger partial charge in [-0.25, -0.2) is 4.39 Å². The van der Waals surface area contributed by atoms with Crippen molar-refractivity contribution in [1.82, 2.24) is 5.43 Å². The molecule has 0 radical (unpaired) electrons. The highest BCUT2D eigenvalue weighted by Gasteiger charge is 2.17. The largest absolute Gasteiger partial charge is 0.466 e. The monoisotopic (exact) mass is 326 g/mol. The molecule has 1 heterocycles. The molecule has 0 bridgehead atoms. The highest BCUT2D eigenvalue weighted by molar-refractivity contribution is 9.10. The van der Waals surface area contributed by atoms with Gasteiger partial charge in [0, 0.05) is 10.0 Å². The Hall–Kier alpha value is -1.17. The molecule has 1 aromatic carbocycles. The van der Waals surface area contributed by atoms with Gasteiger partial charge in [0.05, 0.1) is 6.04 Å². The van der Waals surface area contributed by atoms with Crippen molar-refractivity contribution in [1.29, 1.82) is 0 Å². The van der Waals surface area contributed by atoms with Gasteiger partial charge in [-0.15, -0.1) is 0 Å². The van der Waals surface area contributed by atoms with Crippen molar-refractivity contribution in [3.63, 3.8) is 0 Å². The summed E-state index contributed by atoms with van der Waals surface area (Å²) >= 11 is 3.29. The quantitative estimate of drug-likeness (QED) is 0.667. The molecule has 1 atom stereocenters. The Morgan fingerprint density at radius 1 is 1.32 bits per heavy atom. The first-order valence-electron chi connectivity index (χ1n) is 5.97. The lowest BCUT2D eigenvalue weighted by Crippen LogP contribution is -2.29. The molecule has 5 heteroatoms. The van der Waals surface area contributed by atoms with Gasteiger partial charge in [-0.1, -0.05) is 15.9 Å². The zero-order chi connectivity index (χ0) is 14.0. The first-order valence-corrected chi connectivity index (χ1v) is 6.77. The predicted octanol–water partition coefficient (Wildman–Crippen LogP) is 3.55. The van der Waals surface area contributed by atoms with E-state index in [2.05, 4.69) is 21.4 Å². The summed E-state index contributed by atoms with van der Waals surface area (Å²) in [6.07, 6.45) is 0.590. The van der Waals surface area contributed by atoms with Gasteiger partial charge in [-0.3, -0.25) is 11.3 Å². The molecule has 0 aliphatic rings. The normalized spacial score (nSPS) is 12.7. The van der Waals surface area contributed by atoms with E-state index in [9.17, 15) is 4.39 Å². The maximum absolute atomic E-state index is 13.4. The van der Waals surface area contributed by atoms with Crippen molar-refractivity contribution >= 4 is 15.9 Å². The molecule has 0 aliphatic carbocycles. The van der Waals surface area contributed by atoms with Crippen molar-refractivity contribution in [3.8, 4) is 0 Å². The fourth-order valence-electron chi connectivity index (χ4n) is 2.22. The Morgan fingerprint density at radius 2 is 2.05 bits per heavy atom. The number of aryl methyl sites for hydroxylation is 2. The SMILES string of the molecule is Cc1cc(C(Cc2cc(F)cc(Br)c2)NN)c(C)o1. The van der Waals surface area contributed by atoms with Crippen molar-refractivity contribution < 1.29 is 8.81 Å². The number of halogens is 2. The lowest BCUT2D eigenvalue weighted by Gasteiger charge is -2.15. The topological polar surface area (TPSA) is 51.2 Å². The lowest BCUT2D eigenvalue weighted by molar-refractivity contribution is 0.484. The molecule has 0 saturated heterocycles. The summed E-state index contributed by atoms with van der Waals surface area (Å²) < 4.78 is 19.6. The van der Waals surface area contributed by atoms with E-state index in [0.717, 1.165) is 27.1 Å². The van der Waals surface area contributed by atoms with E-state index in [1.165, 1.54) is 12.1 Å². The summed E-state index contributed by atoms with van der Waals surface area (Å²) in [6.45, 7) is 3.79. The average molecular weight is 327 g/mol. The van der Waals surface area contributed by atoms with Crippen LogP contribution in [0.4, 0.5) is 4.39 Å². The molecular weight excluding hydrogens is 311 g/mol. The first-order chi connectivity index (χ1) is 8.99. The molecular formula is C14H16BrFN2O. The minimum atomic E-state index is -0.264. The van der Waals surface area contributed by atoms with Crippen LogP contribution in [0.1, 0.15) is 28.7 Å². The summed E-state index contributed by atoms with van der Waals surface area (Å²) in [4.78, 5) is 0. The number of hydrazine groups is 1. The van der Waals surface area contributed by atoms with Gasteiger partial charge in [-0.2, -0.15) is 0 Å². The van der Waals surface area contributed by atoms with E-state index >= 15 is 0 Å². The van der Waals surface area contributed by atoms with Crippen LogP contribution in [0, 0.1) is 19.7 Å². The molecule has 102 valence electrons. The van der Waals surface area contributed by atoms with Crippen LogP contribution in [0.25, 0.3) is 0 Å². The van der Waals surface area contributed by atoms with Gasteiger partial charge in [0.1, 0.15) is 17.3 Å². The predicted molar refractivity (Wildman–Crippen MR) is 76.1 cm³/mol.